The molecular weight excluding hydrogens is 408 g/mol. The number of anilines is 4. The SMILES string of the molecule is NC(=O)c1cnc(Nc2cccc(NC(=O)C3CCOC3)c2)nc1NCc1ccccc1. The van der Waals surface area contributed by atoms with Crippen LogP contribution in [-0.4, -0.2) is 35.0 Å². The van der Waals surface area contributed by atoms with Crippen molar-refractivity contribution in [3.63, 3.8) is 0 Å². The summed E-state index contributed by atoms with van der Waals surface area (Å²) in [6.45, 7) is 1.53. The molecule has 0 spiro atoms. The molecule has 1 unspecified atom stereocenters. The van der Waals surface area contributed by atoms with Crippen molar-refractivity contribution < 1.29 is 14.3 Å². The zero-order valence-electron chi connectivity index (χ0n) is 17.4. The minimum absolute atomic E-state index is 0.0610. The van der Waals surface area contributed by atoms with Crippen molar-refractivity contribution in [1.29, 1.82) is 0 Å². The fourth-order valence-corrected chi connectivity index (χ4v) is 3.33. The number of hydrogen-bond donors (Lipinski definition) is 4. The molecule has 1 saturated heterocycles. The van der Waals surface area contributed by atoms with E-state index in [4.69, 9.17) is 10.5 Å². The lowest BCUT2D eigenvalue weighted by Crippen LogP contribution is -2.22. The smallest absolute Gasteiger partial charge is 0.254 e. The molecule has 1 aliphatic heterocycles. The van der Waals surface area contributed by atoms with Gasteiger partial charge in [0.15, 0.2) is 0 Å². The molecular formula is C23H24N6O3. The summed E-state index contributed by atoms with van der Waals surface area (Å²) in [7, 11) is 0. The van der Waals surface area contributed by atoms with E-state index in [1.807, 2.05) is 48.5 Å². The number of nitrogens with one attached hydrogen (secondary N) is 3. The van der Waals surface area contributed by atoms with Gasteiger partial charge in [0.1, 0.15) is 5.82 Å². The van der Waals surface area contributed by atoms with Crippen LogP contribution in [0.4, 0.5) is 23.1 Å². The number of primary amides is 1. The average Bonchev–Trinajstić information content (AvgIpc) is 3.34. The van der Waals surface area contributed by atoms with E-state index in [1.54, 1.807) is 6.07 Å². The molecule has 1 atom stereocenters. The Hall–Kier alpha value is -3.98. The second-order valence-corrected chi connectivity index (χ2v) is 7.41. The van der Waals surface area contributed by atoms with Gasteiger partial charge in [-0.1, -0.05) is 36.4 Å². The van der Waals surface area contributed by atoms with Gasteiger partial charge in [0.05, 0.1) is 18.1 Å². The van der Waals surface area contributed by atoms with Crippen LogP contribution >= 0.6 is 0 Å². The molecule has 4 rings (SSSR count). The molecule has 0 aliphatic carbocycles. The molecule has 2 amide bonds. The fourth-order valence-electron chi connectivity index (χ4n) is 3.33. The summed E-state index contributed by atoms with van der Waals surface area (Å²) in [6, 6.07) is 17.0. The molecule has 1 fully saturated rings. The molecule has 0 radical (unpaired) electrons. The number of benzene rings is 2. The molecule has 0 bridgehead atoms. The van der Waals surface area contributed by atoms with Gasteiger partial charge in [0.2, 0.25) is 11.9 Å². The summed E-state index contributed by atoms with van der Waals surface area (Å²) in [5, 5.41) is 9.16. The molecule has 3 aromatic rings. The van der Waals surface area contributed by atoms with E-state index in [2.05, 4.69) is 25.9 Å². The molecule has 164 valence electrons. The van der Waals surface area contributed by atoms with Crippen LogP contribution in [-0.2, 0) is 16.1 Å². The predicted molar refractivity (Wildman–Crippen MR) is 122 cm³/mol. The minimum atomic E-state index is -0.618. The van der Waals surface area contributed by atoms with Gasteiger partial charge in [0.25, 0.3) is 5.91 Å². The number of hydrogen-bond acceptors (Lipinski definition) is 7. The number of aromatic nitrogens is 2. The van der Waals surface area contributed by atoms with E-state index in [0.717, 1.165) is 12.0 Å². The number of rotatable bonds is 8. The third kappa shape index (κ3) is 5.38. The summed E-state index contributed by atoms with van der Waals surface area (Å²) in [6.07, 6.45) is 2.11. The molecule has 0 saturated carbocycles. The largest absolute Gasteiger partial charge is 0.381 e. The molecule has 1 aliphatic rings. The minimum Gasteiger partial charge on any atom is -0.381 e. The lowest BCUT2D eigenvalue weighted by atomic mass is 10.1. The third-order valence-electron chi connectivity index (χ3n) is 5.04. The molecule has 2 heterocycles. The highest BCUT2D eigenvalue weighted by atomic mass is 16.5. The third-order valence-corrected chi connectivity index (χ3v) is 5.04. The van der Waals surface area contributed by atoms with Crippen LogP contribution in [0.15, 0.2) is 60.8 Å². The Morgan fingerprint density at radius 2 is 1.91 bits per heavy atom. The highest BCUT2D eigenvalue weighted by molar-refractivity contribution is 5.97. The maximum Gasteiger partial charge on any atom is 0.254 e. The standard InChI is InChI=1S/C23H24N6O3/c24-20(30)19-13-26-23(29-21(19)25-12-15-5-2-1-3-6-15)28-18-8-4-7-17(11-18)27-22(31)16-9-10-32-14-16/h1-8,11,13,16H,9-10,12,14H2,(H2,24,30)(H,27,31)(H2,25,26,28,29). The van der Waals surface area contributed by atoms with Gasteiger partial charge in [-0.3, -0.25) is 9.59 Å². The van der Waals surface area contributed by atoms with Crippen LogP contribution in [0.1, 0.15) is 22.3 Å². The lowest BCUT2D eigenvalue weighted by Gasteiger charge is -2.13. The van der Waals surface area contributed by atoms with Crippen molar-refractivity contribution in [3.05, 3.63) is 71.9 Å². The van der Waals surface area contributed by atoms with E-state index in [1.165, 1.54) is 6.20 Å². The van der Waals surface area contributed by atoms with Crippen LogP contribution in [0.5, 0.6) is 0 Å². The van der Waals surface area contributed by atoms with Gasteiger partial charge >= 0.3 is 0 Å². The van der Waals surface area contributed by atoms with Gasteiger partial charge in [-0.25, -0.2) is 4.98 Å². The van der Waals surface area contributed by atoms with Crippen LogP contribution in [0.3, 0.4) is 0 Å². The van der Waals surface area contributed by atoms with E-state index in [0.29, 0.717) is 42.9 Å². The Balaban J connectivity index is 1.47. The maximum atomic E-state index is 12.3. The number of nitrogens with zero attached hydrogens (tertiary/aromatic N) is 2. The van der Waals surface area contributed by atoms with Crippen molar-refractivity contribution >= 4 is 35.0 Å². The van der Waals surface area contributed by atoms with Crippen molar-refractivity contribution in [2.24, 2.45) is 11.7 Å². The normalized spacial score (nSPS) is 15.2. The maximum absolute atomic E-state index is 12.3. The van der Waals surface area contributed by atoms with E-state index < -0.39 is 5.91 Å². The zero-order valence-corrected chi connectivity index (χ0v) is 17.4. The highest BCUT2D eigenvalue weighted by Gasteiger charge is 2.23. The molecule has 2 aromatic carbocycles. The van der Waals surface area contributed by atoms with Gasteiger partial charge in [-0.05, 0) is 30.2 Å². The Bertz CT molecular complexity index is 1100. The van der Waals surface area contributed by atoms with Gasteiger partial charge in [-0.15, -0.1) is 0 Å². The molecule has 32 heavy (non-hydrogen) atoms. The van der Waals surface area contributed by atoms with Crippen LogP contribution < -0.4 is 21.7 Å². The number of carbonyl (C=O) groups is 2. The zero-order chi connectivity index (χ0) is 22.3. The molecule has 1 aromatic heterocycles. The topological polar surface area (TPSA) is 131 Å². The van der Waals surface area contributed by atoms with Crippen molar-refractivity contribution in [2.45, 2.75) is 13.0 Å². The Morgan fingerprint density at radius 3 is 2.66 bits per heavy atom. The van der Waals surface area contributed by atoms with Gasteiger partial charge in [-0.2, -0.15) is 4.98 Å². The quantitative estimate of drug-likeness (QED) is 0.430. The monoisotopic (exact) mass is 432 g/mol. The van der Waals surface area contributed by atoms with Crippen LogP contribution in [0, 0.1) is 5.92 Å². The number of nitrogens with two attached hydrogens (primary N) is 1. The first-order chi connectivity index (χ1) is 15.6. The van der Waals surface area contributed by atoms with Crippen LogP contribution in [0.2, 0.25) is 0 Å². The summed E-state index contributed by atoms with van der Waals surface area (Å²) >= 11 is 0. The highest BCUT2D eigenvalue weighted by Crippen LogP contribution is 2.22. The van der Waals surface area contributed by atoms with Crippen molar-refractivity contribution in [2.75, 3.05) is 29.2 Å². The van der Waals surface area contributed by atoms with Crippen molar-refractivity contribution in [1.82, 2.24) is 9.97 Å². The fraction of sp³-hybridized carbons (Fsp3) is 0.217. The molecule has 9 heteroatoms. The first-order valence-electron chi connectivity index (χ1n) is 10.3. The van der Waals surface area contributed by atoms with E-state index in [-0.39, 0.29) is 17.4 Å². The second-order valence-electron chi connectivity index (χ2n) is 7.41. The summed E-state index contributed by atoms with van der Waals surface area (Å²) in [5.74, 6) is -0.181. The number of carbonyl (C=O) groups excluding carboxylic acids is 2. The first-order valence-corrected chi connectivity index (χ1v) is 10.3. The number of ether oxygens (including phenoxy) is 1. The summed E-state index contributed by atoms with van der Waals surface area (Å²) < 4.78 is 5.28. The summed E-state index contributed by atoms with van der Waals surface area (Å²) in [5.41, 5.74) is 8.05. The Kier molecular flexibility index (Phi) is 6.57. The lowest BCUT2D eigenvalue weighted by molar-refractivity contribution is -0.119. The van der Waals surface area contributed by atoms with Gasteiger partial charge in [0, 0.05) is 30.7 Å². The summed E-state index contributed by atoms with van der Waals surface area (Å²) in [4.78, 5) is 32.7. The van der Waals surface area contributed by atoms with Gasteiger partial charge < -0.3 is 26.4 Å². The molecule has 5 N–H and O–H groups in total. The predicted octanol–water partition coefficient (Wildman–Crippen LogP) is 2.91. The average molecular weight is 432 g/mol. The Morgan fingerprint density at radius 1 is 1.09 bits per heavy atom. The Labute approximate surface area is 185 Å². The van der Waals surface area contributed by atoms with E-state index >= 15 is 0 Å². The van der Waals surface area contributed by atoms with Crippen LogP contribution in [0.25, 0.3) is 0 Å². The van der Waals surface area contributed by atoms with E-state index in [9.17, 15) is 9.59 Å². The van der Waals surface area contributed by atoms with Crippen molar-refractivity contribution in [3.8, 4) is 0 Å². The molecule has 9 nitrogen and oxygen atoms in total. The second kappa shape index (κ2) is 9.88. The number of amides is 2. The first kappa shape index (κ1) is 21.3.